The smallest absolute Gasteiger partial charge is 0.122 e. The summed E-state index contributed by atoms with van der Waals surface area (Å²) < 4.78 is 13.9. The van der Waals surface area contributed by atoms with Crippen molar-refractivity contribution >= 4 is 7.85 Å². The molecule has 0 rings (SSSR count). The number of rotatable bonds is 0. The molecule has 0 aliphatic carbocycles. The van der Waals surface area contributed by atoms with Gasteiger partial charge < -0.3 is 0 Å². The van der Waals surface area contributed by atoms with E-state index in [1.165, 1.54) is 0 Å². The largest absolute Gasteiger partial charge is 0.254 e. The van der Waals surface area contributed by atoms with Crippen LogP contribution < -0.4 is 0 Å². The molecule has 0 aliphatic heterocycles. The third kappa shape index (κ3) is 1.97. The van der Waals surface area contributed by atoms with E-state index in [-0.39, 0.29) is 0 Å². The first-order valence-electron chi connectivity index (χ1n) is 3.98. The second kappa shape index (κ2) is 2.50. The Morgan fingerprint density at radius 2 is 1.00 bits per heavy atom. The van der Waals surface area contributed by atoms with Crippen LogP contribution in [-0.4, -0.2) is 13.4 Å². The van der Waals surface area contributed by atoms with E-state index in [1.54, 1.807) is 0 Å². The molecule has 0 aromatic rings. The summed E-state index contributed by atoms with van der Waals surface area (Å²) in [6, 6.07) is 0. The predicted molar refractivity (Wildman–Crippen MR) is 48.5 cm³/mol. The molecule has 0 nitrogen and oxygen atoms in total. The molecule has 0 fully saturated rings. The second-order valence-electron chi connectivity index (χ2n) is 5.21. The Morgan fingerprint density at radius 3 is 1.00 bits per heavy atom. The third-order valence-corrected chi connectivity index (χ3v) is 2.18. The number of halogens is 1. The molecule has 0 aliphatic rings. The fourth-order valence-corrected chi connectivity index (χ4v) is 1.12. The van der Waals surface area contributed by atoms with Gasteiger partial charge in [0, 0.05) is 0 Å². The van der Waals surface area contributed by atoms with Crippen molar-refractivity contribution in [2.75, 3.05) is 0 Å². The van der Waals surface area contributed by atoms with Crippen LogP contribution in [0.3, 0.4) is 0 Å². The van der Waals surface area contributed by atoms with Crippen molar-refractivity contribution in [1.29, 1.82) is 0 Å². The van der Waals surface area contributed by atoms with Crippen molar-refractivity contribution in [3.63, 3.8) is 0 Å². The molecule has 0 bridgehead atoms. The van der Waals surface area contributed by atoms with E-state index in [2.05, 4.69) is 0 Å². The van der Waals surface area contributed by atoms with Crippen LogP contribution in [0.15, 0.2) is 0 Å². The van der Waals surface area contributed by atoms with Crippen LogP contribution in [0.1, 0.15) is 41.5 Å². The zero-order chi connectivity index (χ0) is 9.50. The van der Waals surface area contributed by atoms with Crippen molar-refractivity contribution < 1.29 is 4.39 Å². The maximum Gasteiger partial charge on any atom is 0.122 e. The molecule has 0 unspecified atom stereocenters. The lowest BCUT2D eigenvalue weighted by atomic mass is 9.54. The van der Waals surface area contributed by atoms with Crippen LogP contribution >= 0.6 is 0 Å². The van der Waals surface area contributed by atoms with Gasteiger partial charge in [-0.3, -0.25) is 4.39 Å². The highest BCUT2D eigenvalue weighted by Crippen LogP contribution is 2.44. The van der Waals surface area contributed by atoms with Crippen molar-refractivity contribution in [3.05, 3.63) is 0 Å². The maximum atomic E-state index is 13.9. The summed E-state index contributed by atoms with van der Waals surface area (Å²) in [5, 5.41) is 0. The number of alkyl halides is 1. The van der Waals surface area contributed by atoms with E-state index in [0.717, 1.165) is 0 Å². The highest BCUT2D eigenvalue weighted by molar-refractivity contribution is 6.15. The summed E-state index contributed by atoms with van der Waals surface area (Å²) in [6.45, 7) is 10.9. The zero-order valence-electron chi connectivity index (χ0n) is 8.46. The third-order valence-electron chi connectivity index (χ3n) is 2.18. The zero-order valence-corrected chi connectivity index (χ0v) is 8.46. The average Bonchev–Trinajstić information content (AvgIpc) is 1.58. The molecule has 0 atom stereocenters. The summed E-state index contributed by atoms with van der Waals surface area (Å²) in [6.07, 6.45) is 0. The first-order chi connectivity index (χ1) is 4.50. The topological polar surface area (TPSA) is 0 Å². The van der Waals surface area contributed by atoms with Crippen molar-refractivity contribution in [2.24, 2.45) is 10.8 Å². The molecular weight excluding hydrogens is 138 g/mol. The minimum absolute atomic E-state index is 0.509. The second-order valence-corrected chi connectivity index (χ2v) is 5.21. The molecule has 0 N–H and O–H groups in total. The summed E-state index contributed by atoms with van der Waals surface area (Å²) in [4.78, 5) is 0. The van der Waals surface area contributed by atoms with Gasteiger partial charge in [0.1, 0.15) is 7.85 Å². The van der Waals surface area contributed by atoms with Crippen LogP contribution in [0.4, 0.5) is 4.39 Å². The first kappa shape index (κ1) is 11.0. The standard InChI is InChI=1S/C9H18BF/c1-7(2,3)9(10,11)8(4,5)6/h1-6H3. The van der Waals surface area contributed by atoms with Gasteiger partial charge in [0.05, 0.1) is 5.57 Å². The first-order valence-corrected chi connectivity index (χ1v) is 3.98. The molecule has 2 radical (unpaired) electrons. The summed E-state index contributed by atoms with van der Waals surface area (Å²) in [5.41, 5.74) is -2.64. The minimum Gasteiger partial charge on any atom is -0.254 e. The van der Waals surface area contributed by atoms with Crippen LogP contribution in [0.2, 0.25) is 0 Å². The molecule has 0 spiro atoms. The molecule has 11 heavy (non-hydrogen) atoms. The Labute approximate surface area is 71.0 Å². The maximum absolute atomic E-state index is 13.9. The Morgan fingerprint density at radius 1 is 0.818 bits per heavy atom. The summed E-state index contributed by atoms with van der Waals surface area (Å²) >= 11 is 0. The van der Waals surface area contributed by atoms with Gasteiger partial charge in [-0.25, -0.2) is 0 Å². The normalized spacial score (nSPS) is 15.2. The van der Waals surface area contributed by atoms with E-state index in [4.69, 9.17) is 7.85 Å². The van der Waals surface area contributed by atoms with Gasteiger partial charge in [0.2, 0.25) is 0 Å². The van der Waals surface area contributed by atoms with E-state index < -0.39 is 16.4 Å². The lowest BCUT2D eigenvalue weighted by molar-refractivity contribution is 0.0103. The van der Waals surface area contributed by atoms with Gasteiger partial charge in [-0.1, -0.05) is 41.5 Å². The molecule has 0 saturated heterocycles. The SMILES string of the molecule is [B]C(F)(C(C)(C)C)C(C)(C)C. The molecule has 0 amide bonds. The summed E-state index contributed by atoms with van der Waals surface area (Å²) in [7, 11) is 5.60. The molecule has 64 valence electrons. The average molecular weight is 156 g/mol. The van der Waals surface area contributed by atoms with E-state index >= 15 is 0 Å². The minimum atomic E-state index is -1.63. The number of hydrogen-bond donors (Lipinski definition) is 0. The Bertz CT molecular complexity index is 121. The quantitative estimate of drug-likeness (QED) is 0.473. The fourth-order valence-electron chi connectivity index (χ4n) is 1.12. The van der Waals surface area contributed by atoms with Gasteiger partial charge in [0.15, 0.2) is 0 Å². The molecule has 0 heterocycles. The van der Waals surface area contributed by atoms with Crippen molar-refractivity contribution in [2.45, 2.75) is 47.1 Å². The fraction of sp³-hybridized carbons (Fsp3) is 1.00. The Balaban J connectivity index is 4.75. The van der Waals surface area contributed by atoms with Crippen molar-refractivity contribution in [1.82, 2.24) is 0 Å². The van der Waals surface area contributed by atoms with Gasteiger partial charge in [0.25, 0.3) is 0 Å². The van der Waals surface area contributed by atoms with Crippen LogP contribution in [0, 0.1) is 10.8 Å². The molecule has 2 heteroatoms. The molecular formula is C9H18BF. The van der Waals surface area contributed by atoms with E-state index in [1.807, 2.05) is 41.5 Å². The predicted octanol–water partition coefficient (Wildman–Crippen LogP) is 2.91. The van der Waals surface area contributed by atoms with Crippen molar-refractivity contribution in [3.8, 4) is 0 Å². The highest BCUT2D eigenvalue weighted by Gasteiger charge is 2.46. The monoisotopic (exact) mass is 156 g/mol. The lowest BCUT2D eigenvalue weighted by Crippen LogP contribution is -2.49. The molecule has 0 aromatic heterocycles. The molecule has 0 saturated carbocycles. The van der Waals surface area contributed by atoms with Gasteiger partial charge in [-0.2, -0.15) is 0 Å². The molecule has 0 aromatic carbocycles. The van der Waals surface area contributed by atoms with Crippen LogP contribution in [0.5, 0.6) is 0 Å². The summed E-state index contributed by atoms with van der Waals surface area (Å²) in [5.74, 6) is 0. The van der Waals surface area contributed by atoms with Crippen LogP contribution in [-0.2, 0) is 0 Å². The lowest BCUT2D eigenvalue weighted by Gasteiger charge is -2.45. The van der Waals surface area contributed by atoms with Gasteiger partial charge in [-0.15, -0.1) is 0 Å². The number of hydrogen-bond acceptors (Lipinski definition) is 0. The van der Waals surface area contributed by atoms with E-state index in [9.17, 15) is 4.39 Å². The van der Waals surface area contributed by atoms with Crippen LogP contribution in [0.25, 0.3) is 0 Å². The van der Waals surface area contributed by atoms with Gasteiger partial charge in [-0.05, 0) is 10.8 Å². The Kier molecular flexibility index (Phi) is 2.50. The van der Waals surface area contributed by atoms with E-state index in [0.29, 0.717) is 0 Å². The Hall–Kier alpha value is -0.00506. The van der Waals surface area contributed by atoms with Gasteiger partial charge >= 0.3 is 0 Å². The highest BCUT2D eigenvalue weighted by atomic mass is 19.1.